The molecule has 1 aromatic rings. The number of nitrogens with zero attached hydrogens (tertiary/aromatic N) is 1. The Balaban J connectivity index is 2.04. The summed E-state index contributed by atoms with van der Waals surface area (Å²) in [5.41, 5.74) is 8.21. The first kappa shape index (κ1) is 14.2. The molecule has 3 nitrogen and oxygen atoms in total. The van der Waals surface area contributed by atoms with Crippen LogP contribution in [0.3, 0.4) is 0 Å². The fourth-order valence-electron chi connectivity index (χ4n) is 3.42. The normalized spacial score (nSPS) is 17.9. The van der Waals surface area contributed by atoms with Gasteiger partial charge in [-0.1, -0.05) is 26.7 Å². The Labute approximate surface area is 117 Å². The lowest BCUT2D eigenvalue weighted by Crippen LogP contribution is -2.29. The molecule has 0 amide bonds. The lowest BCUT2D eigenvalue weighted by Gasteiger charge is -2.31. The first-order valence-electron chi connectivity index (χ1n) is 7.48. The molecule has 1 aliphatic rings. The summed E-state index contributed by atoms with van der Waals surface area (Å²) < 4.78 is 0. The lowest BCUT2D eigenvalue weighted by molar-refractivity contribution is 0.252. The Hall–Kier alpha value is -1.25. The van der Waals surface area contributed by atoms with Crippen molar-refractivity contribution in [3.05, 3.63) is 17.8 Å². The van der Waals surface area contributed by atoms with Crippen LogP contribution < -0.4 is 11.1 Å². The average molecular weight is 261 g/mol. The molecule has 0 spiro atoms. The minimum atomic E-state index is 0.450. The van der Waals surface area contributed by atoms with Crippen molar-refractivity contribution in [1.82, 2.24) is 4.98 Å². The number of nitrogens with one attached hydrogen (secondary N) is 1. The molecule has 1 aliphatic carbocycles. The van der Waals surface area contributed by atoms with Crippen LogP contribution in [-0.2, 0) is 0 Å². The van der Waals surface area contributed by atoms with Crippen LogP contribution in [0.1, 0.15) is 51.6 Å². The Morgan fingerprint density at radius 3 is 2.63 bits per heavy atom. The molecular formula is C16H27N3. The zero-order chi connectivity index (χ0) is 13.9. The van der Waals surface area contributed by atoms with Crippen LogP contribution in [0.2, 0.25) is 0 Å². The van der Waals surface area contributed by atoms with Crippen molar-refractivity contribution in [2.45, 2.75) is 52.9 Å². The molecule has 1 fully saturated rings. The molecule has 2 rings (SSSR count). The second-order valence-corrected chi connectivity index (χ2v) is 6.55. The predicted octanol–water partition coefficient (Wildman–Crippen LogP) is 3.99. The highest BCUT2D eigenvalue weighted by molar-refractivity contribution is 5.61. The van der Waals surface area contributed by atoms with E-state index in [0.29, 0.717) is 5.41 Å². The fourth-order valence-corrected chi connectivity index (χ4v) is 3.42. The van der Waals surface area contributed by atoms with Crippen LogP contribution in [0.25, 0.3) is 0 Å². The smallest absolute Gasteiger partial charge is 0.149 e. The SMILES string of the molecule is Cc1ccc(N)c(NCC2(CC(C)C)CCCC2)n1. The minimum Gasteiger partial charge on any atom is -0.396 e. The quantitative estimate of drug-likeness (QED) is 0.842. The van der Waals surface area contributed by atoms with Crippen molar-refractivity contribution in [3.63, 3.8) is 0 Å². The molecule has 19 heavy (non-hydrogen) atoms. The molecule has 0 radical (unpaired) electrons. The Morgan fingerprint density at radius 2 is 2.00 bits per heavy atom. The summed E-state index contributed by atoms with van der Waals surface area (Å²) in [7, 11) is 0. The molecule has 0 atom stereocenters. The topological polar surface area (TPSA) is 50.9 Å². The van der Waals surface area contributed by atoms with Crippen molar-refractivity contribution in [3.8, 4) is 0 Å². The van der Waals surface area contributed by atoms with Crippen molar-refractivity contribution in [2.24, 2.45) is 11.3 Å². The second-order valence-electron chi connectivity index (χ2n) is 6.55. The molecule has 1 aromatic heterocycles. The van der Waals surface area contributed by atoms with Gasteiger partial charge in [0.15, 0.2) is 0 Å². The van der Waals surface area contributed by atoms with E-state index < -0.39 is 0 Å². The maximum Gasteiger partial charge on any atom is 0.149 e. The van der Waals surface area contributed by atoms with E-state index in [4.69, 9.17) is 5.73 Å². The number of nitrogen functional groups attached to an aromatic ring is 1. The second kappa shape index (κ2) is 5.81. The molecule has 0 aromatic carbocycles. The van der Waals surface area contributed by atoms with Gasteiger partial charge in [-0.3, -0.25) is 0 Å². The van der Waals surface area contributed by atoms with Gasteiger partial charge in [-0.25, -0.2) is 4.98 Å². The summed E-state index contributed by atoms with van der Waals surface area (Å²) in [5, 5.41) is 3.51. The van der Waals surface area contributed by atoms with E-state index in [9.17, 15) is 0 Å². The summed E-state index contributed by atoms with van der Waals surface area (Å²) in [6.07, 6.45) is 6.70. The summed E-state index contributed by atoms with van der Waals surface area (Å²) in [6, 6.07) is 3.90. The third kappa shape index (κ3) is 3.62. The monoisotopic (exact) mass is 261 g/mol. The van der Waals surface area contributed by atoms with Gasteiger partial charge in [-0.05, 0) is 49.7 Å². The van der Waals surface area contributed by atoms with Crippen LogP contribution >= 0.6 is 0 Å². The van der Waals surface area contributed by atoms with Gasteiger partial charge in [0.1, 0.15) is 5.82 Å². The first-order valence-corrected chi connectivity index (χ1v) is 7.48. The molecular weight excluding hydrogens is 234 g/mol. The number of hydrogen-bond acceptors (Lipinski definition) is 3. The molecule has 1 heterocycles. The van der Waals surface area contributed by atoms with E-state index in [-0.39, 0.29) is 0 Å². The maximum atomic E-state index is 5.99. The van der Waals surface area contributed by atoms with Gasteiger partial charge >= 0.3 is 0 Å². The highest BCUT2D eigenvalue weighted by atomic mass is 15.0. The van der Waals surface area contributed by atoms with E-state index in [0.717, 1.165) is 29.7 Å². The van der Waals surface area contributed by atoms with Crippen LogP contribution in [0.15, 0.2) is 12.1 Å². The van der Waals surface area contributed by atoms with Crippen molar-refractivity contribution < 1.29 is 0 Å². The number of aromatic nitrogens is 1. The average Bonchev–Trinajstić information content (AvgIpc) is 2.78. The number of pyridine rings is 1. The lowest BCUT2D eigenvalue weighted by atomic mass is 9.78. The summed E-state index contributed by atoms with van der Waals surface area (Å²) in [4.78, 5) is 4.51. The molecule has 3 heteroatoms. The van der Waals surface area contributed by atoms with Crippen molar-refractivity contribution in [1.29, 1.82) is 0 Å². The molecule has 0 saturated heterocycles. The first-order chi connectivity index (χ1) is 9.01. The number of rotatable bonds is 5. The summed E-state index contributed by atoms with van der Waals surface area (Å²) in [6.45, 7) is 7.65. The number of nitrogens with two attached hydrogens (primary N) is 1. The van der Waals surface area contributed by atoms with Crippen molar-refractivity contribution in [2.75, 3.05) is 17.6 Å². The van der Waals surface area contributed by atoms with Crippen LogP contribution in [0, 0.1) is 18.3 Å². The maximum absolute atomic E-state index is 5.99. The van der Waals surface area contributed by atoms with Crippen molar-refractivity contribution >= 4 is 11.5 Å². The highest BCUT2D eigenvalue weighted by Gasteiger charge is 2.34. The minimum absolute atomic E-state index is 0.450. The van der Waals surface area contributed by atoms with Crippen LogP contribution in [0.4, 0.5) is 11.5 Å². The van der Waals surface area contributed by atoms with Gasteiger partial charge in [-0.2, -0.15) is 0 Å². The molecule has 0 bridgehead atoms. The molecule has 0 aliphatic heterocycles. The van der Waals surface area contributed by atoms with E-state index in [1.165, 1.54) is 32.1 Å². The standard InChI is InChI=1S/C16H27N3/c1-12(2)10-16(8-4-5-9-16)11-18-15-14(17)7-6-13(3)19-15/h6-7,12H,4-5,8-11,17H2,1-3H3,(H,18,19). The fraction of sp³-hybridized carbons (Fsp3) is 0.688. The molecule has 0 unspecified atom stereocenters. The van der Waals surface area contributed by atoms with E-state index in [2.05, 4.69) is 24.1 Å². The third-order valence-electron chi connectivity index (χ3n) is 4.20. The Bertz CT molecular complexity index is 420. The third-order valence-corrected chi connectivity index (χ3v) is 4.20. The number of hydrogen-bond donors (Lipinski definition) is 2. The van der Waals surface area contributed by atoms with Crippen LogP contribution in [0.5, 0.6) is 0 Å². The van der Waals surface area contributed by atoms with Gasteiger partial charge in [0, 0.05) is 12.2 Å². The predicted molar refractivity (Wildman–Crippen MR) is 82.2 cm³/mol. The molecule has 3 N–H and O–H groups in total. The largest absolute Gasteiger partial charge is 0.396 e. The van der Waals surface area contributed by atoms with Gasteiger partial charge in [0.25, 0.3) is 0 Å². The molecule has 1 saturated carbocycles. The van der Waals surface area contributed by atoms with Gasteiger partial charge < -0.3 is 11.1 Å². The van der Waals surface area contributed by atoms with Gasteiger partial charge in [-0.15, -0.1) is 0 Å². The van der Waals surface area contributed by atoms with E-state index in [1.807, 2.05) is 19.1 Å². The zero-order valence-corrected chi connectivity index (χ0v) is 12.5. The summed E-state index contributed by atoms with van der Waals surface area (Å²) in [5.74, 6) is 1.61. The zero-order valence-electron chi connectivity index (χ0n) is 12.5. The van der Waals surface area contributed by atoms with E-state index >= 15 is 0 Å². The van der Waals surface area contributed by atoms with Gasteiger partial charge in [0.2, 0.25) is 0 Å². The van der Waals surface area contributed by atoms with Gasteiger partial charge in [0.05, 0.1) is 5.69 Å². The number of anilines is 2. The summed E-state index contributed by atoms with van der Waals surface area (Å²) >= 11 is 0. The number of aryl methyl sites for hydroxylation is 1. The van der Waals surface area contributed by atoms with E-state index in [1.54, 1.807) is 0 Å². The Kier molecular flexibility index (Phi) is 4.33. The van der Waals surface area contributed by atoms with Crippen LogP contribution in [-0.4, -0.2) is 11.5 Å². The molecule has 106 valence electrons. The highest BCUT2D eigenvalue weighted by Crippen LogP contribution is 2.43. The Morgan fingerprint density at radius 1 is 1.32 bits per heavy atom.